The SMILES string of the molecule is CCOc1ccc(Cl)cc1CN[C@H](Cc1c[nH]c2ccccc12)C(=O)O. The number of hydrogen-bond acceptors (Lipinski definition) is 3. The van der Waals surface area contributed by atoms with Crippen LogP contribution < -0.4 is 10.1 Å². The molecular formula is C20H21ClN2O3. The average molecular weight is 373 g/mol. The normalized spacial score (nSPS) is 12.2. The molecule has 0 spiro atoms. The molecule has 0 bridgehead atoms. The first-order valence-corrected chi connectivity index (χ1v) is 8.88. The van der Waals surface area contributed by atoms with E-state index in [2.05, 4.69) is 10.3 Å². The van der Waals surface area contributed by atoms with Crippen LogP contribution in [0.15, 0.2) is 48.7 Å². The maximum Gasteiger partial charge on any atom is 0.321 e. The van der Waals surface area contributed by atoms with Gasteiger partial charge in [0, 0.05) is 40.7 Å². The van der Waals surface area contributed by atoms with E-state index in [1.54, 1.807) is 18.2 Å². The number of rotatable bonds is 8. The van der Waals surface area contributed by atoms with E-state index in [0.717, 1.165) is 22.0 Å². The molecule has 0 amide bonds. The zero-order valence-electron chi connectivity index (χ0n) is 14.5. The number of nitrogens with one attached hydrogen (secondary N) is 2. The summed E-state index contributed by atoms with van der Waals surface area (Å²) in [6.45, 7) is 2.80. The minimum Gasteiger partial charge on any atom is -0.494 e. The molecule has 1 heterocycles. The third kappa shape index (κ3) is 4.18. The number of carbonyl (C=O) groups is 1. The van der Waals surface area contributed by atoms with E-state index in [-0.39, 0.29) is 0 Å². The fraction of sp³-hybridized carbons (Fsp3) is 0.250. The van der Waals surface area contributed by atoms with Crippen LogP contribution in [0, 0.1) is 0 Å². The molecule has 1 atom stereocenters. The summed E-state index contributed by atoms with van der Waals surface area (Å²) in [7, 11) is 0. The summed E-state index contributed by atoms with van der Waals surface area (Å²) < 4.78 is 5.60. The van der Waals surface area contributed by atoms with Crippen molar-refractivity contribution in [2.24, 2.45) is 0 Å². The van der Waals surface area contributed by atoms with Gasteiger partial charge in [-0.1, -0.05) is 29.8 Å². The maximum absolute atomic E-state index is 11.7. The third-order valence-electron chi connectivity index (χ3n) is 4.26. The minimum atomic E-state index is -0.893. The van der Waals surface area contributed by atoms with Crippen LogP contribution in [-0.4, -0.2) is 28.7 Å². The number of benzene rings is 2. The molecule has 0 radical (unpaired) electrons. The molecule has 2 aromatic carbocycles. The predicted octanol–water partition coefficient (Wildman–Crippen LogP) is 4.01. The number of carboxylic acids is 1. The van der Waals surface area contributed by atoms with Crippen LogP contribution in [-0.2, 0) is 17.8 Å². The molecule has 6 heteroatoms. The van der Waals surface area contributed by atoms with Crippen LogP contribution in [0.4, 0.5) is 0 Å². The number of fused-ring (bicyclic) bond motifs is 1. The lowest BCUT2D eigenvalue weighted by Crippen LogP contribution is -2.38. The van der Waals surface area contributed by atoms with Crippen molar-refractivity contribution in [3.05, 3.63) is 64.8 Å². The molecule has 136 valence electrons. The maximum atomic E-state index is 11.7. The number of aromatic nitrogens is 1. The van der Waals surface area contributed by atoms with E-state index >= 15 is 0 Å². The van der Waals surface area contributed by atoms with Gasteiger partial charge >= 0.3 is 5.97 Å². The van der Waals surface area contributed by atoms with Crippen molar-refractivity contribution >= 4 is 28.5 Å². The topological polar surface area (TPSA) is 74.3 Å². The predicted molar refractivity (Wildman–Crippen MR) is 103 cm³/mol. The Morgan fingerprint density at radius 3 is 2.85 bits per heavy atom. The highest BCUT2D eigenvalue weighted by Gasteiger charge is 2.20. The summed E-state index contributed by atoms with van der Waals surface area (Å²) in [6, 6.07) is 12.5. The van der Waals surface area contributed by atoms with Crippen molar-refractivity contribution in [3.8, 4) is 5.75 Å². The number of aliphatic carboxylic acids is 1. The Morgan fingerprint density at radius 2 is 2.08 bits per heavy atom. The second kappa shape index (κ2) is 8.25. The van der Waals surface area contributed by atoms with Crippen LogP contribution in [0.3, 0.4) is 0 Å². The van der Waals surface area contributed by atoms with Crippen LogP contribution in [0.25, 0.3) is 10.9 Å². The molecule has 0 saturated heterocycles. The van der Waals surface area contributed by atoms with E-state index in [0.29, 0.717) is 30.3 Å². The number of ether oxygens (including phenoxy) is 1. The van der Waals surface area contributed by atoms with E-state index in [4.69, 9.17) is 16.3 Å². The molecule has 3 aromatic rings. The van der Waals surface area contributed by atoms with Crippen LogP contribution in [0.2, 0.25) is 5.02 Å². The molecule has 3 rings (SSSR count). The summed E-state index contributed by atoms with van der Waals surface area (Å²) in [4.78, 5) is 14.9. The summed E-state index contributed by atoms with van der Waals surface area (Å²) >= 11 is 6.07. The van der Waals surface area contributed by atoms with Crippen molar-refractivity contribution in [2.45, 2.75) is 25.9 Å². The van der Waals surface area contributed by atoms with Crippen LogP contribution in [0.5, 0.6) is 5.75 Å². The number of aromatic amines is 1. The molecule has 3 N–H and O–H groups in total. The van der Waals surface area contributed by atoms with Crippen molar-refractivity contribution in [1.29, 1.82) is 0 Å². The summed E-state index contributed by atoms with van der Waals surface area (Å²) in [5.41, 5.74) is 2.81. The number of H-pyrrole nitrogens is 1. The lowest BCUT2D eigenvalue weighted by molar-refractivity contribution is -0.139. The molecule has 0 saturated carbocycles. The number of halogens is 1. The monoisotopic (exact) mass is 372 g/mol. The first-order valence-electron chi connectivity index (χ1n) is 8.51. The quantitative estimate of drug-likeness (QED) is 0.558. The van der Waals surface area contributed by atoms with Gasteiger partial charge in [0.25, 0.3) is 0 Å². The second-order valence-corrected chi connectivity index (χ2v) is 6.46. The molecule has 0 aliphatic carbocycles. The summed E-state index contributed by atoms with van der Waals surface area (Å²) in [6.07, 6.45) is 2.25. The highest BCUT2D eigenvalue weighted by molar-refractivity contribution is 6.30. The fourth-order valence-electron chi connectivity index (χ4n) is 2.98. The largest absolute Gasteiger partial charge is 0.494 e. The zero-order valence-corrected chi connectivity index (χ0v) is 15.2. The Morgan fingerprint density at radius 1 is 1.27 bits per heavy atom. The van der Waals surface area contributed by atoms with Gasteiger partial charge in [-0.25, -0.2) is 0 Å². The lowest BCUT2D eigenvalue weighted by atomic mass is 10.0. The molecule has 0 fully saturated rings. The summed E-state index contributed by atoms with van der Waals surface area (Å²) in [5.74, 6) is -0.184. The van der Waals surface area contributed by atoms with Gasteiger partial charge in [0.2, 0.25) is 0 Å². The minimum absolute atomic E-state index is 0.356. The Labute approximate surface area is 156 Å². The van der Waals surface area contributed by atoms with Gasteiger partial charge < -0.3 is 14.8 Å². The number of para-hydroxylation sites is 1. The number of carboxylic acid groups (broad SMARTS) is 1. The van der Waals surface area contributed by atoms with Gasteiger partial charge in [-0.05, 0) is 36.8 Å². The molecule has 0 aliphatic heterocycles. The van der Waals surface area contributed by atoms with Gasteiger partial charge in [0.05, 0.1) is 6.61 Å². The second-order valence-electron chi connectivity index (χ2n) is 6.02. The molecular weight excluding hydrogens is 352 g/mol. The van der Waals surface area contributed by atoms with Gasteiger partial charge in [-0.3, -0.25) is 10.1 Å². The van der Waals surface area contributed by atoms with Gasteiger partial charge in [-0.2, -0.15) is 0 Å². The highest BCUT2D eigenvalue weighted by Crippen LogP contribution is 2.24. The molecule has 1 aromatic heterocycles. The zero-order chi connectivity index (χ0) is 18.5. The van der Waals surface area contributed by atoms with Crippen molar-refractivity contribution in [1.82, 2.24) is 10.3 Å². The molecule has 0 unspecified atom stereocenters. The fourth-order valence-corrected chi connectivity index (χ4v) is 3.18. The van der Waals surface area contributed by atoms with Crippen molar-refractivity contribution in [2.75, 3.05) is 6.61 Å². The van der Waals surface area contributed by atoms with Crippen molar-refractivity contribution < 1.29 is 14.6 Å². The van der Waals surface area contributed by atoms with Crippen LogP contribution >= 0.6 is 11.6 Å². The highest BCUT2D eigenvalue weighted by atomic mass is 35.5. The Balaban J connectivity index is 1.76. The van der Waals surface area contributed by atoms with Gasteiger partial charge in [-0.15, -0.1) is 0 Å². The first kappa shape index (κ1) is 18.3. The van der Waals surface area contributed by atoms with Crippen LogP contribution in [0.1, 0.15) is 18.1 Å². The van der Waals surface area contributed by atoms with Crippen molar-refractivity contribution in [3.63, 3.8) is 0 Å². The average Bonchev–Trinajstić information content (AvgIpc) is 3.03. The standard InChI is InChI=1S/C20H21ClN2O3/c1-2-26-19-8-7-15(21)9-14(19)12-23-18(20(24)25)10-13-11-22-17-6-4-3-5-16(13)17/h3-9,11,18,22-23H,2,10,12H2,1H3,(H,24,25)/t18-/m1/s1. The Kier molecular flexibility index (Phi) is 5.81. The Bertz CT molecular complexity index is 907. The number of hydrogen-bond donors (Lipinski definition) is 3. The van der Waals surface area contributed by atoms with Gasteiger partial charge in [0.15, 0.2) is 0 Å². The van der Waals surface area contributed by atoms with Gasteiger partial charge in [0.1, 0.15) is 11.8 Å². The lowest BCUT2D eigenvalue weighted by Gasteiger charge is -2.16. The third-order valence-corrected chi connectivity index (χ3v) is 4.49. The molecule has 5 nitrogen and oxygen atoms in total. The Hall–Kier alpha value is -2.50. The first-order chi connectivity index (χ1) is 12.6. The molecule has 0 aliphatic rings. The van der Waals surface area contributed by atoms with E-state index in [1.165, 1.54) is 0 Å². The van der Waals surface area contributed by atoms with E-state index in [1.807, 2.05) is 37.4 Å². The van der Waals surface area contributed by atoms with E-state index < -0.39 is 12.0 Å². The smallest absolute Gasteiger partial charge is 0.321 e. The van der Waals surface area contributed by atoms with E-state index in [9.17, 15) is 9.90 Å². The molecule has 26 heavy (non-hydrogen) atoms. The summed E-state index contributed by atoms with van der Waals surface area (Å²) in [5, 5.41) is 14.4.